The summed E-state index contributed by atoms with van der Waals surface area (Å²) in [6.45, 7) is 1.86. The number of rotatable bonds is 3. The third-order valence-corrected chi connectivity index (χ3v) is 3.73. The fraction of sp³-hybridized carbons (Fsp3) is 0.273. The van der Waals surface area contributed by atoms with Crippen LogP contribution in [0.1, 0.15) is 11.3 Å². The summed E-state index contributed by atoms with van der Waals surface area (Å²) >= 11 is 7.24. The molecular weight excluding hydrogens is 258 g/mol. The Labute approximate surface area is 109 Å². The third-order valence-electron chi connectivity index (χ3n) is 2.35. The number of aromatic nitrogens is 3. The Morgan fingerprint density at radius 2 is 2.24 bits per heavy atom. The van der Waals surface area contributed by atoms with Crippen molar-refractivity contribution >= 4 is 23.4 Å². The van der Waals surface area contributed by atoms with Crippen molar-refractivity contribution in [3.05, 3.63) is 34.6 Å². The molecule has 90 valence electrons. The van der Waals surface area contributed by atoms with Crippen LogP contribution >= 0.6 is 23.4 Å². The summed E-state index contributed by atoms with van der Waals surface area (Å²) in [4.78, 5) is 4.21. The van der Waals surface area contributed by atoms with E-state index in [0.717, 1.165) is 21.3 Å². The number of aliphatic hydroxyl groups excluding tert-OH is 1. The molecule has 0 aliphatic heterocycles. The Morgan fingerprint density at radius 1 is 1.47 bits per heavy atom. The average molecular weight is 270 g/mol. The van der Waals surface area contributed by atoms with Gasteiger partial charge in [-0.2, -0.15) is 5.10 Å². The van der Waals surface area contributed by atoms with E-state index in [0.29, 0.717) is 5.02 Å². The van der Waals surface area contributed by atoms with Gasteiger partial charge < -0.3 is 5.11 Å². The molecular formula is C11H12ClN3OS. The van der Waals surface area contributed by atoms with Gasteiger partial charge in [0.25, 0.3) is 0 Å². The number of hydrogen-bond donors (Lipinski definition) is 1. The first-order chi connectivity index (χ1) is 8.11. The van der Waals surface area contributed by atoms with Crippen LogP contribution in [0, 0.1) is 6.92 Å². The summed E-state index contributed by atoms with van der Waals surface area (Å²) in [6, 6.07) is 3.63. The molecule has 0 aliphatic carbocycles. The lowest BCUT2D eigenvalue weighted by Gasteiger charge is -2.03. The van der Waals surface area contributed by atoms with Crippen LogP contribution in [-0.2, 0) is 13.7 Å². The standard InChI is InChI=1S/C11H12ClN3OS/c1-7-9(6-16)11(15(2)14-7)17-10-4-3-8(12)5-13-10/h3-5,16H,6H2,1-2H3. The van der Waals surface area contributed by atoms with Gasteiger partial charge in [-0.25, -0.2) is 4.98 Å². The zero-order valence-corrected chi connectivity index (χ0v) is 11.1. The second-order valence-corrected chi connectivity index (χ2v) is 5.01. The first kappa shape index (κ1) is 12.4. The fourth-order valence-corrected chi connectivity index (χ4v) is 2.57. The Hall–Kier alpha value is -1.04. The second kappa shape index (κ2) is 5.08. The molecule has 0 aromatic carbocycles. The van der Waals surface area contributed by atoms with Gasteiger partial charge in [0, 0.05) is 18.8 Å². The lowest BCUT2D eigenvalue weighted by molar-refractivity contribution is 0.277. The van der Waals surface area contributed by atoms with Gasteiger partial charge >= 0.3 is 0 Å². The summed E-state index contributed by atoms with van der Waals surface area (Å²) in [6.07, 6.45) is 1.60. The minimum atomic E-state index is -0.0183. The summed E-state index contributed by atoms with van der Waals surface area (Å²) < 4.78 is 1.75. The quantitative estimate of drug-likeness (QED) is 0.930. The molecule has 0 radical (unpaired) electrons. The van der Waals surface area contributed by atoms with Crippen LogP contribution in [0.4, 0.5) is 0 Å². The zero-order chi connectivity index (χ0) is 12.4. The molecule has 0 saturated heterocycles. The minimum Gasteiger partial charge on any atom is -0.392 e. The van der Waals surface area contributed by atoms with Crippen molar-refractivity contribution in [2.45, 2.75) is 23.6 Å². The molecule has 6 heteroatoms. The molecule has 2 rings (SSSR count). The van der Waals surface area contributed by atoms with Crippen LogP contribution in [0.5, 0.6) is 0 Å². The van der Waals surface area contributed by atoms with Gasteiger partial charge in [-0.1, -0.05) is 23.4 Å². The molecule has 17 heavy (non-hydrogen) atoms. The number of nitrogens with zero attached hydrogens (tertiary/aromatic N) is 3. The van der Waals surface area contributed by atoms with Crippen molar-refractivity contribution in [3.8, 4) is 0 Å². The number of aliphatic hydroxyl groups is 1. The normalized spacial score (nSPS) is 10.8. The maximum atomic E-state index is 9.33. The Bertz CT molecular complexity index is 524. The summed E-state index contributed by atoms with van der Waals surface area (Å²) in [5, 5.41) is 15.9. The SMILES string of the molecule is Cc1nn(C)c(Sc2ccc(Cl)cn2)c1CO. The van der Waals surface area contributed by atoms with Gasteiger partial charge in [-0.3, -0.25) is 4.68 Å². The molecule has 0 bridgehead atoms. The van der Waals surface area contributed by atoms with E-state index in [4.69, 9.17) is 11.6 Å². The van der Waals surface area contributed by atoms with Crippen LogP contribution in [-0.4, -0.2) is 19.9 Å². The molecule has 1 N–H and O–H groups in total. The zero-order valence-electron chi connectivity index (χ0n) is 9.51. The van der Waals surface area contributed by atoms with E-state index < -0.39 is 0 Å². The fourth-order valence-electron chi connectivity index (χ4n) is 1.51. The molecule has 2 aromatic heterocycles. The van der Waals surface area contributed by atoms with Crippen LogP contribution in [0.2, 0.25) is 5.02 Å². The predicted octanol–water partition coefficient (Wildman–Crippen LogP) is 2.42. The average Bonchev–Trinajstić information content (AvgIpc) is 2.57. The highest BCUT2D eigenvalue weighted by molar-refractivity contribution is 7.99. The highest BCUT2D eigenvalue weighted by Gasteiger charge is 2.14. The molecule has 0 amide bonds. The van der Waals surface area contributed by atoms with Crippen molar-refractivity contribution in [1.29, 1.82) is 0 Å². The number of halogens is 1. The van der Waals surface area contributed by atoms with E-state index in [-0.39, 0.29) is 6.61 Å². The molecule has 0 spiro atoms. The molecule has 0 fully saturated rings. The van der Waals surface area contributed by atoms with Crippen LogP contribution < -0.4 is 0 Å². The first-order valence-corrected chi connectivity index (χ1v) is 6.24. The summed E-state index contributed by atoms with van der Waals surface area (Å²) in [5.41, 5.74) is 1.68. The van der Waals surface area contributed by atoms with Gasteiger partial charge in [0.15, 0.2) is 0 Å². The van der Waals surface area contributed by atoms with E-state index in [1.165, 1.54) is 11.8 Å². The first-order valence-electron chi connectivity index (χ1n) is 5.04. The van der Waals surface area contributed by atoms with Gasteiger partial charge in [0.05, 0.1) is 17.3 Å². The van der Waals surface area contributed by atoms with E-state index in [9.17, 15) is 5.11 Å². The van der Waals surface area contributed by atoms with Gasteiger partial charge in [-0.15, -0.1) is 0 Å². The minimum absolute atomic E-state index is 0.0183. The van der Waals surface area contributed by atoms with Crippen molar-refractivity contribution in [3.63, 3.8) is 0 Å². The lowest BCUT2D eigenvalue weighted by atomic mass is 10.3. The second-order valence-electron chi connectivity index (χ2n) is 3.57. The van der Waals surface area contributed by atoms with Gasteiger partial charge in [0.1, 0.15) is 10.1 Å². The summed E-state index contributed by atoms with van der Waals surface area (Å²) in [7, 11) is 1.85. The smallest absolute Gasteiger partial charge is 0.106 e. The Kier molecular flexibility index (Phi) is 3.71. The van der Waals surface area contributed by atoms with E-state index in [1.54, 1.807) is 16.9 Å². The Morgan fingerprint density at radius 3 is 2.82 bits per heavy atom. The Balaban J connectivity index is 2.32. The topological polar surface area (TPSA) is 50.9 Å². The van der Waals surface area contributed by atoms with Crippen molar-refractivity contribution in [1.82, 2.24) is 14.8 Å². The number of hydrogen-bond acceptors (Lipinski definition) is 4. The molecule has 0 atom stereocenters. The molecule has 4 nitrogen and oxygen atoms in total. The van der Waals surface area contributed by atoms with Crippen LogP contribution in [0.3, 0.4) is 0 Å². The predicted molar refractivity (Wildman–Crippen MR) is 67.2 cm³/mol. The molecule has 2 aromatic rings. The van der Waals surface area contributed by atoms with Crippen LogP contribution in [0.25, 0.3) is 0 Å². The third kappa shape index (κ3) is 2.62. The lowest BCUT2D eigenvalue weighted by Crippen LogP contribution is -1.94. The number of aryl methyl sites for hydroxylation is 2. The largest absolute Gasteiger partial charge is 0.392 e. The highest BCUT2D eigenvalue weighted by atomic mass is 35.5. The van der Waals surface area contributed by atoms with Gasteiger partial charge in [0.2, 0.25) is 0 Å². The molecule has 0 saturated carbocycles. The highest BCUT2D eigenvalue weighted by Crippen LogP contribution is 2.30. The maximum absolute atomic E-state index is 9.33. The van der Waals surface area contributed by atoms with Crippen molar-refractivity contribution < 1.29 is 5.11 Å². The van der Waals surface area contributed by atoms with Gasteiger partial charge in [-0.05, 0) is 19.1 Å². The maximum Gasteiger partial charge on any atom is 0.106 e. The van der Waals surface area contributed by atoms with E-state index in [2.05, 4.69) is 10.1 Å². The molecule has 2 heterocycles. The summed E-state index contributed by atoms with van der Waals surface area (Å²) in [5.74, 6) is 0. The van der Waals surface area contributed by atoms with E-state index in [1.807, 2.05) is 20.0 Å². The molecule has 0 aliphatic rings. The monoisotopic (exact) mass is 269 g/mol. The number of pyridine rings is 1. The van der Waals surface area contributed by atoms with Crippen molar-refractivity contribution in [2.75, 3.05) is 0 Å². The van der Waals surface area contributed by atoms with Crippen molar-refractivity contribution in [2.24, 2.45) is 7.05 Å². The molecule has 0 unspecified atom stereocenters. The van der Waals surface area contributed by atoms with E-state index >= 15 is 0 Å². The van der Waals surface area contributed by atoms with Crippen LogP contribution in [0.15, 0.2) is 28.4 Å².